The van der Waals surface area contributed by atoms with Gasteiger partial charge in [-0.25, -0.2) is 0 Å². The highest BCUT2D eigenvalue weighted by Gasteiger charge is 2.31. The van der Waals surface area contributed by atoms with Crippen LogP contribution in [0.15, 0.2) is 76.0 Å². The molecule has 1 aliphatic rings. The van der Waals surface area contributed by atoms with Gasteiger partial charge in [0.2, 0.25) is 0 Å². The van der Waals surface area contributed by atoms with Crippen molar-refractivity contribution >= 4 is 38.8 Å². The van der Waals surface area contributed by atoms with Crippen LogP contribution < -0.4 is 15.5 Å². The summed E-state index contributed by atoms with van der Waals surface area (Å²) in [5, 5.41) is 5.46. The van der Waals surface area contributed by atoms with Crippen molar-refractivity contribution in [3.05, 3.63) is 83.4 Å². The van der Waals surface area contributed by atoms with E-state index in [1.165, 1.54) is 24.3 Å². The van der Waals surface area contributed by atoms with Gasteiger partial charge in [0, 0.05) is 30.9 Å². The maximum absolute atomic E-state index is 13.1. The van der Waals surface area contributed by atoms with E-state index < -0.39 is 27.7 Å². The number of alkyl halides is 3. The van der Waals surface area contributed by atoms with E-state index in [0.29, 0.717) is 16.9 Å². The molecule has 0 unspecified atom stereocenters. The number of hydrogen-bond acceptors (Lipinski definition) is 5. The number of carbonyl (C=O) groups is 1. The molecule has 0 saturated heterocycles. The first-order valence-electron chi connectivity index (χ1n) is 9.97. The highest BCUT2D eigenvalue weighted by Crippen LogP contribution is 2.35. The number of nitrogens with zero attached hydrogens (tertiary/aromatic N) is 2. The molecule has 34 heavy (non-hydrogen) atoms. The molecule has 0 radical (unpaired) electrons. The Kier molecular flexibility index (Phi) is 5.82. The first-order valence-corrected chi connectivity index (χ1v) is 11.4. The fourth-order valence-corrected chi connectivity index (χ4v) is 4.61. The third-order valence-electron chi connectivity index (χ3n) is 5.10. The standard InChI is InChI=1S/C23H19F3N4O3S/c1-30(2)19-12-9-15(23(24,25)26)13-18(19)28-22(31)14-7-10-16(11-8-14)27-21-17-5-3-4-6-20(17)34(32,33)29-21/h3-13H,1-2H3,(H,27,29)(H,28,31). The molecule has 7 nitrogen and oxygen atoms in total. The van der Waals surface area contributed by atoms with Crippen molar-refractivity contribution in [2.75, 3.05) is 29.6 Å². The summed E-state index contributed by atoms with van der Waals surface area (Å²) in [4.78, 5) is 14.4. The minimum atomic E-state index is -4.55. The molecule has 0 aliphatic carbocycles. The lowest BCUT2D eigenvalue weighted by atomic mass is 10.1. The molecule has 0 saturated carbocycles. The molecule has 0 spiro atoms. The molecule has 0 aromatic heterocycles. The second kappa shape index (κ2) is 8.49. The zero-order valence-electron chi connectivity index (χ0n) is 18.0. The molecule has 0 fully saturated rings. The number of amides is 1. The zero-order valence-corrected chi connectivity index (χ0v) is 18.8. The summed E-state index contributed by atoms with van der Waals surface area (Å²) in [6.07, 6.45) is -4.55. The fourth-order valence-electron chi connectivity index (χ4n) is 3.43. The molecule has 11 heteroatoms. The summed E-state index contributed by atoms with van der Waals surface area (Å²) in [6, 6.07) is 15.6. The molecule has 0 atom stereocenters. The van der Waals surface area contributed by atoms with Crippen LogP contribution in [0.25, 0.3) is 0 Å². The number of fused-ring (bicyclic) bond motifs is 1. The number of anilines is 3. The number of rotatable bonds is 4. The van der Waals surface area contributed by atoms with Crippen molar-refractivity contribution in [2.24, 2.45) is 4.40 Å². The second-order valence-corrected chi connectivity index (χ2v) is 9.26. The molecule has 3 aromatic carbocycles. The number of benzene rings is 3. The quantitative estimate of drug-likeness (QED) is 0.561. The van der Waals surface area contributed by atoms with Crippen molar-refractivity contribution in [3.8, 4) is 0 Å². The van der Waals surface area contributed by atoms with Gasteiger partial charge in [-0.3, -0.25) is 4.79 Å². The van der Waals surface area contributed by atoms with Crippen LogP contribution in [0.1, 0.15) is 21.5 Å². The van der Waals surface area contributed by atoms with Crippen molar-refractivity contribution in [1.29, 1.82) is 0 Å². The van der Waals surface area contributed by atoms with E-state index in [9.17, 15) is 26.4 Å². The molecule has 176 valence electrons. The van der Waals surface area contributed by atoms with E-state index in [0.717, 1.165) is 12.1 Å². The summed E-state index contributed by atoms with van der Waals surface area (Å²) in [5.74, 6) is -0.438. The molecule has 1 amide bonds. The molecule has 3 aromatic rings. The molecule has 1 aliphatic heterocycles. The van der Waals surface area contributed by atoms with Gasteiger partial charge in [-0.2, -0.15) is 21.6 Å². The largest absolute Gasteiger partial charge is 0.416 e. The van der Waals surface area contributed by atoms with E-state index in [1.54, 1.807) is 49.3 Å². The van der Waals surface area contributed by atoms with E-state index in [-0.39, 0.29) is 22.0 Å². The average Bonchev–Trinajstić information content (AvgIpc) is 3.03. The van der Waals surface area contributed by atoms with E-state index >= 15 is 0 Å². The van der Waals surface area contributed by atoms with Gasteiger partial charge < -0.3 is 15.5 Å². The van der Waals surface area contributed by atoms with Crippen molar-refractivity contribution < 1.29 is 26.4 Å². The minimum absolute atomic E-state index is 0.0224. The van der Waals surface area contributed by atoms with Crippen molar-refractivity contribution in [2.45, 2.75) is 11.1 Å². The number of sulfonamides is 1. The third-order valence-corrected chi connectivity index (χ3v) is 6.43. The summed E-state index contributed by atoms with van der Waals surface area (Å²) in [7, 11) is -0.468. The highest BCUT2D eigenvalue weighted by molar-refractivity contribution is 7.90. The predicted molar refractivity (Wildman–Crippen MR) is 124 cm³/mol. The lowest BCUT2D eigenvalue weighted by Gasteiger charge is -2.20. The van der Waals surface area contributed by atoms with Crippen LogP contribution in [0, 0.1) is 0 Å². The maximum atomic E-state index is 13.1. The molecule has 4 rings (SSSR count). The Morgan fingerprint density at radius 2 is 1.65 bits per heavy atom. The monoisotopic (exact) mass is 488 g/mol. The zero-order chi connectivity index (χ0) is 24.7. The van der Waals surface area contributed by atoms with Crippen LogP contribution in [-0.4, -0.2) is 34.3 Å². The third kappa shape index (κ3) is 4.60. The van der Waals surface area contributed by atoms with Gasteiger partial charge >= 0.3 is 6.18 Å². The Hall–Kier alpha value is -3.86. The van der Waals surface area contributed by atoms with Crippen molar-refractivity contribution in [3.63, 3.8) is 0 Å². The van der Waals surface area contributed by atoms with Crippen LogP contribution in [0.5, 0.6) is 0 Å². The SMILES string of the molecule is CN(C)c1ccc(C(F)(F)F)cc1NC(=O)c1ccc(NC2=NS(=O)(=O)c3ccccc32)cc1. The first kappa shape index (κ1) is 23.3. The van der Waals surface area contributed by atoms with Gasteiger partial charge in [0.1, 0.15) is 4.90 Å². The van der Waals surface area contributed by atoms with Crippen LogP contribution in [0.4, 0.5) is 30.2 Å². The van der Waals surface area contributed by atoms with Gasteiger partial charge in [-0.05, 0) is 54.6 Å². The lowest BCUT2D eigenvalue weighted by Crippen LogP contribution is -2.18. The minimum Gasteiger partial charge on any atom is -0.376 e. The van der Waals surface area contributed by atoms with E-state index in [2.05, 4.69) is 15.0 Å². The Morgan fingerprint density at radius 1 is 0.971 bits per heavy atom. The maximum Gasteiger partial charge on any atom is 0.416 e. The van der Waals surface area contributed by atoms with Crippen LogP contribution >= 0.6 is 0 Å². The average molecular weight is 488 g/mol. The molecule has 2 N–H and O–H groups in total. The number of hydrogen-bond donors (Lipinski definition) is 2. The lowest BCUT2D eigenvalue weighted by molar-refractivity contribution is -0.137. The van der Waals surface area contributed by atoms with Crippen LogP contribution in [0.2, 0.25) is 0 Å². The van der Waals surface area contributed by atoms with Crippen molar-refractivity contribution in [1.82, 2.24) is 0 Å². The Bertz CT molecular complexity index is 1400. The highest BCUT2D eigenvalue weighted by atomic mass is 32.2. The molecular formula is C23H19F3N4O3S. The van der Waals surface area contributed by atoms with Gasteiger partial charge in [0.05, 0.1) is 16.9 Å². The van der Waals surface area contributed by atoms with Gasteiger partial charge in [-0.1, -0.05) is 12.1 Å². The Balaban J connectivity index is 1.54. The number of amidine groups is 1. The number of halogens is 3. The number of nitrogens with one attached hydrogen (secondary N) is 2. The van der Waals surface area contributed by atoms with Gasteiger partial charge in [0.15, 0.2) is 5.84 Å². The fraction of sp³-hybridized carbons (Fsp3) is 0.130. The summed E-state index contributed by atoms with van der Waals surface area (Å²) < 4.78 is 67.5. The summed E-state index contributed by atoms with van der Waals surface area (Å²) in [5.41, 5.74) is 0.683. The first-order chi connectivity index (χ1) is 16.0. The summed E-state index contributed by atoms with van der Waals surface area (Å²) >= 11 is 0. The number of carbonyl (C=O) groups excluding carboxylic acids is 1. The second-order valence-electron chi connectivity index (χ2n) is 7.69. The van der Waals surface area contributed by atoms with Gasteiger partial charge in [-0.15, -0.1) is 4.40 Å². The predicted octanol–water partition coefficient (Wildman–Crippen LogP) is 4.58. The normalized spacial score (nSPS) is 14.2. The van der Waals surface area contributed by atoms with Gasteiger partial charge in [0.25, 0.3) is 15.9 Å². The van der Waals surface area contributed by atoms with Crippen LogP contribution in [-0.2, 0) is 16.2 Å². The van der Waals surface area contributed by atoms with E-state index in [1.807, 2.05) is 0 Å². The smallest absolute Gasteiger partial charge is 0.376 e. The molecular weight excluding hydrogens is 469 g/mol. The van der Waals surface area contributed by atoms with E-state index in [4.69, 9.17) is 0 Å². The topological polar surface area (TPSA) is 90.9 Å². The summed E-state index contributed by atoms with van der Waals surface area (Å²) in [6.45, 7) is 0. The molecule has 0 bridgehead atoms. The Labute approximate surface area is 194 Å². The van der Waals surface area contributed by atoms with Crippen LogP contribution in [0.3, 0.4) is 0 Å². The molecule has 1 heterocycles. The Morgan fingerprint density at radius 3 is 2.29 bits per heavy atom.